The van der Waals surface area contributed by atoms with Gasteiger partial charge in [-0.1, -0.05) is 152 Å². The van der Waals surface area contributed by atoms with E-state index in [4.69, 9.17) is 4.98 Å². The van der Waals surface area contributed by atoms with Gasteiger partial charge in [-0.2, -0.15) is 0 Å². The molecule has 0 aliphatic rings. The van der Waals surface area contributed by atoms with Gasteiger partial charge in [0.05, 0.1) is 11.0 Å². The molecule has 0 aliphatic carbocycles. The van der Waals surface area contributed by atoms with E-state index in [1.807, 2.05) is 0 Å². The summed E-state index contributed by atoms with van der Waals surface area (Å²) in [6.45, 7) is 0. The SMILES string of the molecule is c1ccc(-c2ccc(-c3ccc4c(c3)c(-c3ccccc3)cc3cc5cc(-c6ccccc6)c6ccccc6c5nc34)cc2)cc1. The highest BCUT2D eigenvalue weighted by Gasteiger charge is 2.15. The van der Waals surface area contributed by atoms with Crippen molar-refractivity contribution in [2.45, 2.75) is 0 Å². The molecule has 46 heavy (non-hydrogen) atoms. The molecule has 0 saturated heterocycles. The molecule has 1 nitrogen and oxygen atoms in total. The van der Waals surface area contributed by atoms with Gasteiger partial charge in [-0.25, -0.2) is 4.98 Å². The first kappa shape index (κ1) is 26.4. The Labute approximate surface area is 268 Å². The summed E-state index contributed by atoms with van der Waals surface area (Å²) in [5.41, 5.74) is 11.8. The number of aromatic nitrogens is 1. The van der Waals surface area contributed by atoms with Crippen LogP contribution in [-0.2, 0) is 0 Å². The van der Waals surface area contributed by atoms with E-state index in [9.17, 15) is 0 Å². The second-order valence-corrected chi connectivity index (χ2v) is 12.0. The van der Waals surface area contributed by atoms with Gasteiger partial charge in [-0.15, -0.1) is 0 Å². The molecule has 1 aromatic heterocycles. The molecule has 1 heteroatoms. The number of hydrogen-bond acceptors (Lipinski definition) is 1. The molecule has 8 aromatic carbocycles. The highest BCUT2D eigenvalue weighted by Crippen LogP contribution is 2.40. The quantitative estimate of drug-likeness (QED) is 0.148. The maximum atomic E-state index is 5.45. The summed E-state index contributed by atoms with van der Waals surface area (Å²) in [5.74, 6) is 0. The van der Waals surface area contributed by atoms with Crippen LogP contribution < -0.4 is 0 Å². The Hall–Kier alpha value is -6.05. The summed E-state index contributed by atoms with van der Waals surface area (Å²) in [5, 5.41) is 7.07. The standard InChI is InChI=1S/C45H29N/c1-4-12-30(13-5-1)31-20-22-32(23-21-31)35-24-25-40-43(27-35)42(34-16-8-3-9-17-34)29-37-26-36-28-41(33-14-6-2-7-15-33)38-18-10-11-19-39(38)44(36)46-45(37)40/h1-29H. The molecular weight excluding hydrogens is 555 g/mol. The van der Waals surface area contributed by atoms with Crippen LogP contribution in [0.3, 0.4) is 0 Å². The molecule has 0 saturated carbocycles. The number of fused-ring (bicyclic) bond motifs is 6. The molecule has 0 bridgehead atoms. The van der Waals surface area contributed by atoms with E-state index in [-0.39, 0.29) is 0 Å². The third-order valence-electron chi connectivity index (χ3n) is 9.21. The molecule has 0 spiro atoms. The van der Waals surface area contributed by atoms with Crippen LogP contribution in [0.1, 0.15) is 0 Å². The van der Waals surface area contributed by atoms with Gasteiger partial charge in [-0.05, 0) is 79.5 Å². The van der Waals surface area contributed by atoms with Crippen molar-refractivity contribution in [3.05, 3.63) is 176 Å². The average molecular weight is 584 g/mol. The lowest BCUT2D eigenvalue weighted by Gasteiger charge is -2.15. The summed E-state index contributed by atoms with van der Waals surface area (Å²) >= 11 is 0. The van der Waals surface area contributed by atoms with Crippen LogP contribution >= 0.6 is 0 Å². The predicted molar refractivity (Wildman–Crippen MR) is 196 cm³/mol. The molecule has 214 valence electrons. The number of hydrogen-bond donors (Lipinski definition) is 0. The van der Waals surface area contributed by atoms with Crippen LogP contribution in [0, 0.1) is 0 Å². The first-order valence-electron chi connectivity index (χ1n) is 15.8. The summed E-state index contributed by atoms with van der Waals surface area (Å²) < 4.78 is 0. The van der Waals surface area contributed by atoms with Gasteiger partial charge in [0, 0.05) is 21.5 Å². The van der Waals surface area contributed by atoms with E-state index in [1.165, 1.54) is 66.1 Å². The van der Waals surface area contributed by atoms with Gasteiger partial charge in [0.15, 0.2) is 0 Å². The van der Waals surface area contributed by atoms with E-state index < -0.39 is 0 Å². The molecule has 0 amide bonds. The molecule has 0 atom stereocenters. The molecule has 0 aliphatic heterocycles. The summed E-state index contributed by atoms with van der Waals surface area (Å²) in [6, 6.07) is 63.4. The Balaban J connectivity index is 1.29. The van der Waals surface area contributed by atoms with Gasteiger partial charge >= 0.3 is 0 Å². The van der Waals surface area contributed by atoms with Crippen LogP contribution in [0.5, 0.6) is 0 Å². The summed E-state index contributed by atoms with van der Waals surface area (Å²) in [7, 11) is 0. The number of pyridine rings is 1. The maximum Gasteiger partial charge on any atom is 0.0788 e. The minimum absolute atomic E-state index is 1.03. The number of benzene rings is 8. The van der Waals surface area contributed by atoms with Crippen molar-refractivity contribution >= 4 is 43.4 Å². The maximum absolute atomic E-state index is 5.45. The molecule has 9 aromatic rings. The highest BCUT2D eigenvalue weighted by molar-refractivity contribution is 6.19. The Morgan fingerprint density at radius 2 is 0.674 bits per heavy atom. The largest absolute Gasteiger partial charge is 0.246 e. The van der Waals surface area contributed by atoms with Crippen LogP contribution in [0.4, 0.5) is 0 Å². The topological polar surface area (TPSA) is 12.9 Å². The van der Waals surface area contributed by atoms with Crippen molar-refractivity contribution in [2.24, 2.45) is 0 Å². The van der Waals surface area contributed by atoms with Crippen LogP contribution in [-0.4, -0.2) is 4.98 Å². The molecular formula is C45H29N. The van der Waals surface area contributed by atoms with E-state index in [2.05, 4.69) is 176 Å². The van der Waals surface area contributed by atoms with E-state index in [0.717, 1.165) is 21.8 Å². The minimum atomic E-state index is 1.03. The van der Waals surface area contributed by atoms with E-state index in [0.29, 0.717) is 0 Å². The fourth-order valence-electron chi connectivity index (χ4n) is 6.94. The molecule has 1 heterocycles. The van der Waals surface area contributed by atoms with Crippen molar-refractivity contribution < 1.29 is 0 Å². The van der Waals surface area contributed by atoms with Crippen LogP contribution in [0.2, 0.25) is 0 Å². The lowest BCUT2D eigenvalue weighted by Crippen LogP contribution is -1.91. The molecule has 9 rings (SSSR count). The molecule has 0 radical (unpaired) electrons. The van der Waals surface area contributed by atoms with Crippen molar-refractivity contribution in [1.29, 1.82) is 0 Å². The Bertz CT molecular complexity index is 2530. The van der Waals surface area contributed by atoms with Gasteiger partial charge in [-0.3, -0.25) is 0 Å². The third kappa shape index (κ3) is 4.45. The summed E-state index contributed by atoms with van der Waals surface area (Å²) in [6.07, 6.45) is 0. The van der Waals surface area contributed by atoms with Crippen molar-refractivity contribution in [2.75, 3.05) is 0 Å². The summed E-state index contributed by atoms with van der Waals surface area (Å²) in [4.78, 5) is 5.45. The Kier molecular flexibility index (Phi) is 6.21. The Morgan fingerprint density at radius 1 is 0.261 bits per heavy atom. The van der Waals surface area contributed by atoms with Crippen LogP contribution in [0.15, 0.2) is 176 Å². The smallest absolute Gasteiger partial charge is 0.0788 e. The first-order valence-corrected chi connectivity index (χ1v) is 15.8. The number of nitrogens with zero attached hydrogens (tertiary/aromatic N) is 1. The fourth-order valence-corrected chi connectivity index (χ4v) is 6.94. The zero-order valence-corrected chi connectivity index (χ0v) is 25.2. The molecule has 0 N–H and O–H groups in total. The predicted octanol–water partition coefficient (Wildman–Crippen LogP) is 12.4. The Morgan fingerprint density at radius 3 is 1.26 bits per heavy atom. The van der Waals surface area contributed by atoms with Crippen molar-refractivity contribution in [1.82, 2.24) is 4.98 Å². The molecule has 0 unspecified atom stereocenters. The zero-order valence-electron chi connectivity index (χ0n) is 25.2. The second kappa shape index (κ2) is 10.8. The third-order valence-corrected chi connectivity index (χ3v) is 9.21. The lowest BCUT2D eigenvalue weighted by atomic mass is 9.91. The van der Waals surface area contributed by atoms with Crippen molar-refractivity contribution in [3.8, 4) is 44.5 Å². The minimum Gasteiger partial charge on any atom is -0.246 e. The van der Waals surface area contributed by atoms with E-state index in [1.54, 1.807) is 0 Å². The second-order valence-electron chi connectivity index (χ2n) is 12.0. The molecule has 0 fully saturated rings. The van der Waals surface area contributed by atoms with Gasteiger partial charge < -0.3 is 0 Å². The average Bonchev–Trinajstić information content (AvgIpc) is 3.14. The lowest BCUT2D eigenvalue weighted by molar-refractivity contribution is 1.53. The highest BCUT2D eigenvalue weighted by atomic mass is 14.7. The van der Waals surface area contributed by atoms with Gasteiger partial charge in [0.1, 0.15) is 0 Å². The van der Waals surface area contributed by atoms with Gasteiger partial charge in [0.25, 0.3) is 0 Å². The van der Waals surface area contributed by atoms with Gasteiger partial charge in [0.2, 0.25) is 0 Å². The normalized spacial score (nSPS) is 11.5. The fraction of sp³-hybridized carbons (Fsp3) is 0. The number of rotatable bonds is 4. The zero-order chi connectivity index (χ0) is 30.5. The van der Waals surface area contributed by atoms with Crippen LogP contribution in [0.25, 0.3) is 87.9 Å². The van der Waals surface area contributed by atoms with Crippen molar-refractivity contribution in [3.63, 3.8) is 0 Å². The first-order chi connectivity index (χ1) is 22.8. The van der Waals surface area contributed by atoms with E-state index >= 15 is 0 Å². The monoisotopic (exact) mass is 583 g/mol.